The third-order valence-electron chi connectivity index (χ3n) is 3.31. The molecule has 3 heterocycles. The fraction of sp³-hybridized carbons (Fsp3) is 0.385. The Morgan fingerprint density at radius 3 is 2.78 bits per heavy atom. The summed E-state index contributed by atoms with van der Waals surface area (Å²) in [6.07, 6.45) is 3.15. The van der Waals surface area contributed by atoms with E-state index in [9.17, 15) is 9.59 Å². The Kier molecular flexibility index (Phi) is 4.13. The molecule has 0 radical (unpaired) electrons. The summed E-state index contributed by atoms with van der Waals surface area (Å²) < 4.78 is 5.03. The first-order valence-corrected chi connectivity index (χ1v) is 7.00. The minimum Gasteiger partial charge on any atom is -0.345 e. The van der Waals surface area contributed by atoms with Crippen LogP contribution in [0.2, 0.25) is 0 Å². The van der Waals surface area contributed by atoms with Gasteiger partial charge in [0, 0.05) is 32.5 Å². The molecule has 10 nitrogen and oxygen atoms in total. The predicted molar refractivity (Wildman–Crippen MR) is 76.8 cm³/mol. The molecule has 2 aromatic heterocycles. The monoisotopic (exact) mass is 317 g/mol. The zero-order valence-electron chi connectivity index (χ0n) is 12.5. The highest BCUT2D eigenvalue weighted by atomic mass is 16.5. The highest BCUT2D eigenvalue weighted by molar-refractivity contribution is 5.84. The van der Waals surface area contributed by atoms with E-state index >= 15 is 0 Å². The summed E-state index contributed by atoms with van der Waals surface area (Å²) in [6.45, 7) is 1.25. The van der Waals surface area contributed by atoms with Crippen molar-refractivity contribution in [2.45, 2.75) is 6.54 Å². The van der Waals surface area contributed by atoms with E-state index in [1.807, 2.05) is 0 Å². The Balaban J connectivity index is 1.52. The Morgan fingerprint density at radius 2 is 2.09 bits per heavy atom. The first kappa shape index (κ1) is 14.9. The van der Waals surface area contributed by atoms with Crippen LogP contribution in [0, 0.1) is 0 Å². The molecule has 23 heavy (non-hydrogen) atoms. The van der Waals surface area contributed by atoms with Crippen molar-refractivity contribution in [1.29, 1.82) is 0 Å². The molecule has 120 valence electrons. The summed E-state index contributed by atoms with van der Waals surface area (Å²) in [7, 11) is 1.70. The van der Waals surface area contributed by atoms with Crippen LogP contribution in [0.3, 0.4) is 0 Å². The quantitative estimate of drug-likeness (QED) is 0.790. The second kappa shape index (κ2) is 6.38. The second-order valence-electron chi connectivity index (χ2n) is 4.99. The molecule has 0 saturated carbocycles. The molecular formula is C13H15N7O3. The molecule has 10 heteroatoms. The molecule has 1 saturated heterocycles. The molecule has 1 aliphatic heterocycles. The molecule has 1 N–H and O–H groups in total. The molecule has 1 fully saturated rings. The number of rotatable bonds is 5. The molecule has 0 spiro atoms. The smallest absolute Gasteiger partial charge is 0.320 e. The van der Waals surface area contributed by atoms with Crippen molar-refractivity contribution in [2.24, 2.45) is 0 Å². The van der Waals surface area contributed by atoms with Gasteiger partial charge in [0.15, 0.2) is 0 Å². The maximum atomic E-state index is 11.9. The molecule has 0 unspecified atom stereocenters. The van der Waals surface area contributed by atoms with Gasteiger partial charge in [0.25, 0.3) is 0 Å². The van der Waals surface area contributed by atoms with E-state index in [0.29, 0.717) is 18.9 Å². The van der Waals surface area contributed by atoms with E-state index in [0.717, 1.165) is 0 Å². The number of likely N-dealkylation sites (N-methyl/N-ethyl adjacent to an activating group) is 1. The Labute approximate surface area is 131 Å². The fourth-order valence-electron chi connectivity index (χ4n) is 2.09. The lowest BCUT2D eigenvalue weighted by atomic mass is 10.4. The number of hydrogen-bond donors (Lipinski definition) is 1. The number of hydrogen-bond acceptors (Lipinski definition) is 7. The first-order chi connectivity index (χ1) is 11.1. The van der Waals surface area contributed by atoms with Crippen LogP contribution in [0.15, 0.2) is 23.0 Å². The van der Waals surface area contributed by atoms with Crippen LogP contribution in [0.4, 0.5) is 4.79 Å². The third kappa shape index (κ3) is 3.42. The van der Waals surface area contributed by atoms with E-state index in [1.54, 1.807) is 30.4 Å². The summed E-state index contributed by atoms with van der Waals surface area (Å²) in [4.78, 5) is 38.7. The van der Waals surface area contributed by atoms with E-state index in [1.165, 1.54) is 4.90 Å². The van der Waals surface area contributed by atoms with Gasteiger partial charge in [-0.3, -0.25) is 4.79 Å². The van der Waals surface area contributed by atoms with Crippen LogP contribution in [0.1, 0.15) is 5.89 Å². The Morgan fingerprint density at radius 1 is 1.30 bits per heavy atom. The molecule has 1 aliphatic rings. The van der Waals surface area contributed by atoms with Gasteiger partial charge in [-0.25, -0.2) is 14.8 Å². The lowest BCUT2D eigenvalue weighted by Crippen LogP contribution is -2.39. The van der Waals surface area contributed by atoms with Crippen LogP contribution in [-0.2, 0) is 11.3 Å². The summed E-state index contributed by atoms with van der Waals surface area (Å²) in [5.41, 5.74) is 0. The maximum Gasteiger partial charge on any atom is 0.320 e. The molecule has 3 amide bonds. The van der Waals surface area contributed by atoms with E-state index in [2.05, 4.69) is 25.4 Å². The number of nitrogens with zero attached hydrogens (tertiary/aromatic N) is 6. The van der Waals surface area contributed by atoms with Crippen molar-refractivity contribution in [3.05, 3.63) is 24.4 Å². The molecule has 2 aromatic rings. The van der Waals surface area contributed by atoms with Crippen molar-refractivity contribution >= 4 is 11.9 Å². The second-order valence-corrected chi connectivity index (χ2v) is 4.99. The fourth-order valence-corrected chi connectivity index (χ4v) is 2.09. The van der Waals surface area contributed by atoms with Crippen molar-refractivity contribution < 1.29 is 14.1 Å². The highest BCUT2D eigenvalue weighted by Gasteiger charge is 2.26. The predicted octanol–water partition coefficient (Wildman–Crippen LogP) is -0.490. The third-order valence-corrected chi connectivity index (χ3v) is 3.31. The van der Waals surface area contributed by atoms with E-state index in [4.69, 9.17) is 4.52 Å². The van der Waals surface area contributed by atoms with Crippen molar-refractivity contribution in [3.8, 4) is 11.6 Å². The van der Waals surface area contributed by atoms with Crippen LogP contribution in [0.5, 0.6) is 0 Å². The first-order valence-electron chi connectivity index (χ1n) is 7.00. The van der Waals surface area contributed by atoms with Crippen LogP contribution >= 0.6 is 0 Å². The molecule has 0 atom stereocenters. The molecule has 0 aromatic carbocycles. The molecular weight excluding hydrogens is 302 g/mol. The van der Waals surface area contributed by atoms with Crippen LogP contribution in [0.25, 0.3) is 11.6 Å². The van der Waals surface area contributed by atoms with Crippen molar-refractivity contribution in [3.63, 3.8) is 0 Å². The van der Waals surface area contributed by atoms with Crippen LogP contribution in [-0.4, -0.2) is 68.5 Å². The summed E-state index contributed by atoms with van der Waals surface area (Å²) in [6, 6.07) is 1.53. The number of carbonyl (C=O) groups excluding carboxylic acids is 2. The van der Waals surface area contributed by atoms with Gasteiger partial charge in [-0.1, -0.05) is 5.16 Å². The van der Waals surface area contributed by atoms with Gasteiger partial charge in [-0.15, -0.1) is 0 Å². The zero-order chi connectivity index (χ0) is 16.2. The van der Waals surface area contributed by atoms with Crippen molar-refractivity contribution in [1.82, 2.24) is 35.2 Å². The number of urea groups is 1. The SMILES string of the molecule is CN1CCN(CC(=O)NCc2nc(-c3ncccn3)no2)C1=O. The Bertz CT molecular complexity index is 703. The lowest BCUT2D eigenvalue weighted by molar-refractivity contribution is -0.121. The van der Waals surface area contributed by atoms with Gasteiger partial charge in [0.2, 0.25) is 23.4 Å². The molecule has 3 rings (SSSR count). The normalized spacial score (nSPS) is 14.4. The van der Waals surface area contributed by atoms with Gasteiger partial charge in [-0.2, -0.15) is 4.98 Å². The van der Waals surface area contributed by atoms with Gasteiger partial charge in [0.1, 0.15) is 6.54 Å². The summed E-state index contributed by atoms with van der Waals surface area (Å²) in [5.74, 6) is 0.556. The number of aromatic nitrogens is 4. The lowest BCUT2D eigenvalue weighted by Gasteiger charge is -2.14. The van der Waals surface area contributed by atoms with Gasteiger partial charge >= 0.3 is 6.03 Å². The average Bonchev–Trinajstić information content (AvgIpc) is 3.16. The Hall–Kier alpha value is -3.04. The minimum absolute atomic E-state index is 0.00592. The van der Waals surface area contributed by atoms with Crippen molar-refractivity contribution in [2.75, 3.05) is 26.7 Å². The maximum absolute atomic E-state index is 11.9. The topological polar surface area (TPSA) is 117 Å². The number of carbonyl (C=O) groups is 2. The number of amides is 3. The number of nitrogens with one attached hydrogen (secondary N) is 1. The van der Waals surface area contributed by atoms with E-state index in [-0.39, 0.29) is 36.7 Å². The average molecular weight is 317 g/mol. The minimum atomic E-state index is -0.288. The molecule has 0 bridgehead atoms. The zero-order valence-corrected chi connectivity index (χ0v) is 12.5. The summed E-state index contributed by atoms with van der Waals surface area (Å²) in [5, 5.41) is 6.39. The van der Waals surface area contributed by atoms with Gasteiger partial charge < -0.3 is 19.6 Å². The largest absolute Gasteiger partial charge is 0.345 e. The van der Waals surface area contributed by atoms with Crippen LogP contribution < -0.4 is 5.32 Å². The van der Waals surface area contributed by atoms with Gasteiger partial charge in [0.05, 0.1) is 6.54 Å². The van der Waals surface area contributed by atoms with Gasteiger partial charge in [-0.05, 0) is 6.07 Å². The van der Waals surface area contributed by atoms with E-state index < -0.39 is 0 Å². The highest BCUT2D eigenvalue weighted by Crippen LogP contribution is 2.09. The standard InChI is InChI=1S/C13H15N7O3/c1-19-5-6-20(13(19)22)8-9(21)16-7-10-17-12(18-23-10)11-14-3-2-4-15-11/h2-4H,5-8H2,1H3,(H,16,21). The summed E-state index contributed by atoms with van der Waals surface area (Å²) >= 11 is 0. The molecule has 0 aliphatic carbocycles.